The maximum absolute atomic E-state index is 12.0. The highest BCUT2D eigenvalue weighted by molar-refractivity contribution is 9.08. The molecule has 0 atom stereocenters. The van der Waals surface area contributed by atoms with E-state index in [1.165, 1.54) is 5.56 Å². The SMILES string of the molecule is O=C(NCc1ccc(CBr)cc1)c1ccccc1Cl. The van der Waals surface area contributed by atoms with Crippen molar-refractivity contribution in [3.05, 3.63) is 70.2 Å². The van der Waals surface area contributed by atoms with Crippen LogP contribution in [0.5, 0.6) is 0 Å². The fraction of sp³-hybridized carbons (Fsp3) is 0.133. The molecule has 0 aliphatic carbocycles. The number of carbonyl (C=O) groups excluding carboxylic acids is 1. The molecule has 0 spiro atoms. The number of rotatable bonds is 4. The quantitative estimate of drug-likeness (QED) is 0.833. The van der Waals surface area contributed by atoms with Crippen molar-refractivity contribution < 1.29 is 4.79 Å². The first kappa shape index (κ1) is 14.1. The summed E-state index contributed by atoms with van der Waals surface area (Å²) in [6.45, 7) is 0.493. The van der Waals surface area contributed by atoms with Crippen LogP contribution in [-0.4, -0.2) is 5.91 Å². The van der Waals surface area contributed by atoms with Crippen molar-refractivity contribution in [2.24, 2.45) is 0 Å². The number of alkyl halides is 1. The molecule has 2 rings (SSSR count). The van der Waals surface area contributed by atoms with Crippen molar-refractivity contribution in [2.75, 3.05) is 0 Å². The first-order valence-corrected chi connectivity index (χ1v) is 7.37. The standard InChI is InChI=1S/C15H13BrClNO/c16-9-11-5-7-12(8-6-11)10-18-15(19)13-3-1-2-4-14(13)17/h1-8H,9-10H2,(H,18,19). The highest BCUT2D eigenvalue weighted by Crippen LogP contribution is 2.15. The lowest BCUT2D eigenvalue weighted by Gasteiger charge is -2.07. The van der Waals surface area contributed by atoms with Crippen LogP contribution in [0.25, 0.3) is 0 Å². The van der Waals surface area contributed by atoms with Crippen molar-refractivity contribution >= 4 is 33.4 Å². The van der Waals surface area contributed by atoms with Gasteiger partial charge in [-0.3, -0.25) is 4.79 Å². The summed E-state index contributed by atoms with van der Waals surface area (Å²) >= 11 is 9.37. The molecule has 0 saturated carbocycles. The lowest BCUT2D eigenvalue weighted by atomic mass is 10.1. The molecule has 0 saturated heterocycles. The molecule has 1 N–H and O–H groups in total. The van der Waals surface area contributed by atoms with Crippen LogP contribution < -0.4 is 5.32 Å². The molecule has 0 unspecified atom stereocenters. The van der Waals surface area contributed by atoms with Gasteiger partial charge in [-0.05, 0) is 23.3 Å². The van der Waals surface area contributed by atoms with Gasteiger partial charge in [-0.2, -0.15) is 0 Å². The molecule has 0 heterocycles. The molecule has 0 aliphatic heterocycles. The Morgan fingerprint density at radius 3 is 2.32 bits per heavy atom. The predicted octanol–water partition coefficient (Wildman–Crippen LogP) is 4.16. The van der Waals surface area contributed by atoms with Gasteiger partial charge in [0.15, 0.2) is 0 Å². The van der Waals surface area contributed by atoms with Gasteiger partial charge in [-0.25, -0.2) is 0 Å². The van der Waals surface area contributed by atoms with Crippen LogP contribution in [0.1, 0.15) is 21.5 Å². The second kappa shape index (κ2) is 6.73. The van der Waals surface area contributed by atoms with Gasteiger partial charge in [0.05, 0.1) is 10.6 Å². The molecular formula is C15H13BrClNO. The molecule has 4 heteroatoms. The summed E-state index contributed by atoms with van der Waals surface area (Å²) in [7, 11) is 0. The van der Waals surface area contributed by atoms with Crippen LogP contribution in [0.2, 0.25) is 5.02 Å². The predicted molar refractivity (Wildman–Crippen MR) is 81.7 cm³/mol. The van der Waals surface area contributed by atoms with Gasteiger partial charge < -0.3 is 5.32 Å². The third kappa shape index (κ3) is 3.82. The number of hydrogen-bond donors (Lipinski definition) is 1. The highest BCUT2D eigenvalue weighted by atomic mass is 79.9. The van der Waals surface area contributed by atoms with E-state index >= 15 is 0 Å². The summed E-state index contributed by atoms with van der Waals surface area (Å²) in [5.41, 5.74) is 2.77. The molecule has 0 radical (unpaired) electrons. The molecule has 0 aliphatic rings. The largest absolute Gasteiger partial charge is 0.348 e. The third-order valence-corrected chi connectivity index (χ3v) is 3.73. The summed E-state index contributed by atoms with van der Waals surface area (Å²) in [5.74, 6) is -0.157. The van der Waals surface area contributed by atoms with Gasteiger partial charge >= 0.3 is 0 Å². The fourth-order valence-electron chi connectivity index (χ4n) is 1.67. The molecule has 2 aromatic rings. The minimum atomic E-state index is -0.157. The van der Waals surface area contributed by atoms with E-state index in [1.54, 1.807) is 24.3 Å². The zero-order valence-corrected chi connectivity index (χ0v) is 12.5. The first-order valence-electron chi connectivity index (χ1n) is 5.87. The second-order valence-electron chi connectivity index (χ2n) is 4.11. The summed E-state index contributed by atoms with van der Waals surface area (Å²) in [6, 6.07) is 15.1. The van der Waals surface area contributed by atoms with E-state index in [-0.39, 0.29) is 5.91 Å². The van der Waals surface area contributed by atoms with Gasteiger partial charge in [0.2, 0.25) is 0 Å². The number of benzene rings is 2. The average Bonchev–Trinajstić information content (AvgIpc) is 2.46. The Morgan fingerprint density at radius 2 is 1.68 bits per heavy atom. The Balaban J connectivity index is 1.98. The van der Waals surface area contributed by atoms with Crippen LogP contribution in [0.4, 0.5) is 0 Å². The smallest absolute Gasteiger partial charge is 0.253 e. The van der Waals surface area contributed by atoms with Gasteiger partial charge in [0.25, 0.3) is 5.91 Å². The van der Waals surface area contributed by atoms with E-state index in [0.717, 1.165) is 10.9 Å². The summed E-state index contributed by atoms with van der Waals surface area (Å²) < 4.78 is 0. The number of amides is 1. The monoisotopic (exact) mass is 337 g/mol. The highest BCUT2D eigenvalue weighted by Gasteiger charge is 2.08. The number of carbonyl (C=O) groups is 1. The molecule has 2 aromatic carbocycles. The van der Waals surface area contributed by atoms with Crippen LogP contribution in [0.15, 0.2) is 48.5 Å². The number of halogens is 2. The zero-order chi connectivity index (χ0) is 13.7. The molecule has 1 amide bonds. The molecule has 0 aromatic heterocycles. The Kier molecular flexibility index (Phi) is 5.00. The summed E-state index contributed by atoms with van der Waals surface area (Å²) in [6.07, 6.45) is 0. The van der Waals surface area contributed by atoms with E-state index in [0.29, 0.717) is 17.1 Å². The van der Waals surface area contributed by atoms with E-state index < -0.39 is 0 Å². The molecule has 98 valence electrons. The van der Waals surface area contributed by atoms with E-state index in [4.69, 9.17) is 11.6 Å². The average molecular weight is 339 g/mol. The van der Waals surface area contributed by atoms with Crippen molar-refractivity contribution in [1.29, 1.82) is 0 Å². The van der Waals surface area contributed by atoms with E-state index in [2.05, 4.69) is 21.2 Å². The zero-order valence-electron chi connectivity index (χ0n) is 10.2. The lowest BCUT2D eigenvalue weighted by Crippen LogP contribution is -2.23. The topological polar surface area (TPSA) is 29.1 Å². The Bertz CT molecular complexity index is 569. The maximum Gasteiger partial charge on any atom is 0.253 e. The Morgan fingerprint density at radius 1 is 1.05 bits per heavy atom. The van der Waals surface area contributed by atoms with Gasteiger partial charge in [-0.15, -0.1) is 0 Å². The van der Waals surface area contributed by atoms with Crippen molar-refractivity contribution in [3.8, 4) is 0 Å². The molecular weight excluding hydrogens is 326 g/mol. The van der Waals surface area contributed by atoms with Gasteiger partial charge in [0, 0.05) is 11.9 Å². The lowest BCUT2D eigenvalue weighted by molar-refractivity contribution is 0.0951. The second-order valence-corrected chi connectivity index (χ2v) is 5.08. The normalized spacial score (nSPS) is 10.2. The van der Waals surface area contributed by atoms with Crippen molar-refractivity contribution in [3.63, 3.8) is 0 Å². The van der Waals surface area contributed by atoms with Crippen LogP contribution in [0.3, 0.4) is 0 Å². The summed E-state index contributed by atoms with van der Waals surface area (Å²) in [5, 5.41) is 4.16. The fourth-order valence-corrected chi connectivity index (χ4v) is 2.26. The van der Waals surface area contributed by atoms with Gasteiger partial charge in [-0.1, -0.05) is 63.9 Å². The van der Waals surface area contributed by atoms with Crippen molar-refractivity contribution in [2.45, 2.75) is 11.9 Å². The van der Waals surface area contributed by atoms with Crippen LogP contribution in [0, 0.1) is 0 Å². The van der Waals surface area contributed by atoms with E-state index in [1.807, 2.05) is 24.3 Å². The first-order chi connectivity index (χ1) is 9.20. The molecule has 0 bridgehead atoms. The molecule has 19 heavy (non-hydrogen) atoms. The maximum atomic E-state index is 12.0. The number of nitrogens with one attached hydrogen (secondary N) is 1. The minimum Gasteiger partial charge on any atom is -0.348 e. The van der Waals surface area contributed by atoms with Gasteiger partial charge in [0.1, 0.15) is 0 Å². The Hall–Kier alpha value is -1.32. The molecule has 2 nitrogen and oxygen atoms in total. The Labute approximate surface area is 125 Å². The van der Waals surface area contributed by atoms with Crippen LogP contribution >= 0.6 is 27.5 Å². The number of hydrogen-bond acceptors (Lipinski definition) is 1. The van der Waals surface area contributed by atoms with Crippen LogP contribution in [-0.2, 0) is 11.9 Å². The van der Waals surface area contributed by atoms with E-state index in [9.17, 15) is 4.79 Å². The molecule has 0 fully saturated rings. The van der Waals surface area contributed by atoms with Crippen molar-refractivity contribution in [1.82, 2.24) is 5.32 Å². The third-order valence-electron chi connectivity index (χ3n) is 2.75. The summed E-state index contributed by atoms with van der Waals surface area (Å²) in [4.78, 5) is 12.0. The minimum absolute atomic E-state index is 0.157.